The highest BCUT2D eigenvalue weighted by molar-refractivity contribution is 9.10. The molecule has 104 valence electrons. The monoisotopic (exact) mass is 338 g/mol. The Bertz CT molecular complexity index is 635. The van der Waals surface area contributed by atoms with Crippen LogP contribution >= 0.6 is 15.9 Å². The highest BCUT2D eigenvalue weighted by atomic mass is 79.9. The first-order valence-electron chi connectivity index (χ1n) is 5.92. The van der Waals surface area contributed by atoms with Gasteiger partial charge in [-0.25, -0.2) is 4.39 Å². The van der Waals surface area contributed by atoms with Crippen LogP contribution < -0.4 is 5.73 Å². The molecule has 0 aromatic heterocycles. The summed E-state index contributed by atoms with van der Waals surface area (Å²) >= 11 is 2.95. The summed E-state index contributed by atoms with van der Waals surface area (Å²) in [5.74, 6) is -0.536. The normalized spacial score (nSPS) is 12.2. The maximum atomic E-state index is 13.6. The van der Waals surface area contributed by atoms with Gasteiger partial charge in [0, 0.05) is 17.7 Å². The second-order valence-electron chi connectivity index (χ2n) is 4.37. The van der Waals surface area contributed by atoms with Crippen molar-refractivity contribution >= 4 is 21.6 Å². The quantitative estimate of drug-likeness (QED) is 0.681. The van der Waals surface area contributed by atoms with Crippen molar-refractivity contribution in [2.75, 3.05) is 0 Å². The van der Waals surface area contributed by atoms with Gasteiger partial charge in [0.05, 0.1) is 9.40 Å². The molecule has 0 heterocycles. The lowest BCUT2D eigenvalue weighted by molar-refractivity contribution is -0.385. The van der Waals surface area contributed by atoms with E-state index in [9.17, 15) is 14.5 Å². The number of nitro groups is 1. The van der Waals surface area contributed by atoms with E-state index in [1.54, 1.807) is 0 Å². The standard InChI is InChI=1S/C14H12BrFN2O2/c15-11-8-14(18(19)20)10(6-12(11)16)7-13(17)9-4-2-1-3-5-9/h1-6,8,13H,7,17H2. The van der Waals surface area contributed by atoms with Crippen LogP contribution in [0.2, 0.25) is 0 Å². The molecule has 2 N–H and O–H groups in total. The van der Waals surface area contributed by atoms with Crippen LogP contribution in [0.4, 0.5) is 10.1 Å². The summed E-state index contributed by atoms with van der Waals surface area (Å²) < 4.78 is 13.6. The number of benzene rings is 2. The maximum absolute atomic E-state index is 13.6. The van der Waals surface area contributed by atoms with Crippen LogP contribution in [0, 0.1) is 15.9 Å². The van der Waals surface area contributed by atoms with Gasteiger partial charge in [0.1, 0.15) is 5.82 Å². The van der Waals surface area contributed by atoms with Gasteiger partial charge in [0.25, 0.3) is 5.69 Å². The lowest BCUT2D eigenvalue weighted by Gasteiger charge is -2.12. The SMILES string of the molecule is NC(Cc1cc(F)c(Br)cc1[N+](=O)[O-])c1ccccc1. The molecule has 0 radical (unpaired) electrons. The lowest BCUT2D eigenvalue weighted by Crippen LogP contribution is -2.14. The van der Waals surface area contributed by atoms with Gasteiger partial charge < -0.3 is 5.73 Å². The number of nitrogens with two attached hydrogens (primary N) is 1. The first-order chi connectivity index (χ1) is 9.49. The minimum atomic E-state index is -0.536. The number of hydrogen-bond donors (Lipinski definition) is 1. The van der Waals surface area contributed by atoms with Gasteiger partial charge in [-0.1, -0.05) is 30.3 Å². The summed E-state index contributed by atoms with van der Waals surface area (Å²) in [6, 6.07) is 11.1. The van der Waals surface area contributed by atoms with Crippen molar-refractivity contribution in [2.24, 2.45) is 5.73 Å². The predicted molar refractivity (Wildman–Crippen MR) is 77.8 cm³/mol. The number of halogens is 2. The van der Waals surface area contributed by atoms with Crippen molar-refractivity contribution in [2.45, 2.75) is 12.5 Å². The molecule has 4 nitrogen and oxygen atoms in total. The average molecular weight is 339 g/mol. The summed E-state index contributed by atoms with van der Waals surface area (Å²) in [6.45, 7) is 0. The minimum Gasteiger partial charge on any atom is -0.324 e. The summed E-state index contributed by atoms with van der Waals surface area (Å²) in [5, 5.41) is 11.0. The molecule has 6 heteroatoms. The molecule has 0 aliphatic carbocycles. The largest absolute Gasteiger partial charge is 0.324 e. The molecule has 0 amide bonds. The van der Waals surface area contributed by atoms with Crippen LogP contribution in [-0.2, 0) is 6.42 Å². The fourth-order valence-corrected chi connectivity index (χ4v) is 2.30. The van der Waals surface area contributed by atoms with Gasteiger partial charge in [-0.05, 0) is 34.0 Å². The molecule has 0 aliphatic rings. The van der Waals surface area contributed by atoms with Crippen molar-refractivity contribution in [3.8, 4) is 0 Å². The Morgan fingerprint density at radius 1 is 1.30 bits per heavy atom. The van der Waals surface area contributed by atoms with Crippen LogP contribution in [-0.4, -0.2) is 4.92 Å². The Morgan fingerprint density at radius 2 is 1.95 bits per heavy atom. The molecular formula is C14H12BrFN2O2. The summed E-state index contributed by atoms with van der Waals surface area (Å²) in [4.78, 5) is 10.5. The molecule has 0 bridgehead atoms. The lowest BCUT2D eigenvalue weighted by atomic mass is 9.98. The van der Waals surface area contributed by atoms with E-state index in [2.05, 4.69) is 15.9 Å². The van der Waals surface area contributed by atoms with Gasteiger partial charge in [-0.15, -0.1) is 0 Å². The predicted octanol–water partition coefficient (Wildman–Crippen LogP) is 3.74. The average Bonchev–Trinajstić information content (AvgIpc) is 2.43. The molecule has 0 saturated carbocycles. The maximum Gasteiger partial charge on any atom is 0.273 e. The zero-order chi connectivity index (χ0) is 14.7. The van der Waals surface area contributed by atoms with Gasteiger partial charge in [-0.3, -0.25) is 10.1 Å². The third-order valence-corrected chi connectivity index (χ3v) is 3.59. The van der Waals surface area contributed by atoms with E-state index in [0.717, 1.165) is 11.6 Å². The topological polar surface area (TPSA) is 69.2 Å². The molecule has 0 fully saturated rings. The molecule has 0 spiro atoms. The fraction of sp³-hybridized carbons (Fsp3) is 0.143. The third-order valence-electron chi connectivity index (χ3n) is 2.99. The van der Waals surface area contributed by atoms with E-state index in [-0.39, 0.29) is 22.1 Å². The van der Waals surface area contributed by atoms with Crippen molar-refractivity contribution in [1.82, 2.24) is 0 Å². The first-order valence-corrected chi connectivity index (χ1v) is 6.71. The Balaban J connectivity index is 2.33. The first kappa shape index (κ1) is 14.6. The zero-order valence-corrected chi connectivity index (χ0v) is 12.0. The van der Waals surface area contributed by atoms with Crippen molar-refractivity contribution in [3.63, 3.8) is 0 Å². The summed E-state index contributed by atoms with van der Waals surface area (Å²) in [6.07, 6.45) is 0.199. The van der Waals surface area contributed by atoms with Gasteiger partial charge in [0.2, 0.25) is 0 Å². The van der Waals surface area contributed by atoms with E-state index in [0.29, 0.717) is 0 Å². The molecular weight excluding hydrogens is 327 g/mol. The molecule has 2 aromatic rings. The zero-order valence-electron chi connectivity index (χ0n) is 10.4. The van der Waals surface area contributed by atoms with E-state index >= 15 is 0 Å². The Hall–Kier alpha value is -1.79. The van der Waals surface area contributed by atoms with E-state index < -0.39 is 16.8 Å². The molecule has 2 rings (SSSR count). The summed E-state index contributed by atoms with van der Waals surface area (Å²) in [5.41, 5.74) is 7.03. The van der Waals surface area contributed by atoms with E-state index in [4.69, 9.17) is 5.73 Å². The molecule has 0 aliphatic heterocycles. The number of hydrogen-bond acceptors (Lipinski definition) is 3. The van der Waals surface area contributed by atoms with Gasteiger partial charge in [0.15, 0.2) is 0 Å². The fourth-order valence-electron chi connectivity index (χ4n) is 1.97. The molecule has 2 aromatic carbocycles. The van der Waals surface area contributed by atoms with Crippen molar-refractivity contribution in [3.05, 3.63) is 74.0 Å². The van der Waals surface area contributed by atoms with Crippen LogP contribution in [0.5, 0.6) is 0 Å². The van der Waals surface area contributed by atoms with Crippen LogP contribution in [0.1, 0.15) is 17.2 Å². The van der Waals surface area contributed by atoms with Crippen LogP contribution in [0.25, 0.3) is 0 Å². The van der Waals surface area contributed by atoms with Crippen molar-refractivity contribution in [1.29, 1.82) is 0 Å². The molecule has 1 unspecified atom stereocenters. The Morgan fingerprint density at radius 3 is 2.55 bits per heavy atom. The van der Waals surface area contributed by atoms with E-state index in [1.165, 1.54) is 6.07 Å². The van der Waals surface area contributed by atoms with E-state index in [1.807, 2.05) is 30.3 Å². The Labute approximate surface area is 123 Å². The third kappa shape index (κ3) is 3.20. The van der Waals surface area contributed by atoms with Crippen LogP contribution in [0.3, 0.4) is 0 Å². The van der Waals surface area contributed by atoms with Crippen LogP contribution in [0.15, 0.2) is 46.9 Å². The smallest absolute Gasteiger partial charge is 0.273 e. The highest BCUT2D eigenvalue weighted by Gasteiger charge is 2.20. The molecule has 20 heavy (non-hydrogen) atoms. The summed E-state index contributed by atoms with van der Waals surface area (Å²) in [7, 11) is 0. The molecule has 1 atom stereocenters. The molecule has 0 saturated heterocycles. The minimum absolute atomic E-state index is 0.0706. The highest BCUT2D eigenvalue weighted by Crippen LogP contribution is 2.29. The second-order valence-corrected chi connectivity index (χ2v) is 5.23. The number of rotatable bonds is 4. The second kappa shape index (κ2) is 6.11. The van der Waals surface area contributed by atoms with Gasteiger partial charge >= 0.3 is 0 Å². The van der Waals surface area contributed by atoms with Crippen molar-refractivity contribution < 1.29 is 9.31 Å². The number of nitrogens with zero attached hydrogens (tertiary/aromatic N) is 1. The van der Waals surface area contributed by atoms with Gasteiger partial charge in [-0.2, -0.15) is 0 Å². The number of nitro benzene ring substituents is 1. The Kier molecular flexibility index (Phi) is 4.46.